The zero-order valence-corrected chi connectivity index (χ0v) is 13.4. The van der Waals surface area contributed by atoms with Gasteiger partial charge in [0.2, 0.25) is 5.82 Å². The molecule has 5 nitrogen and oxygen atoms in total. The van der Waals surface area contributed by atoms with E-state index in [1.54, 1.807) is 48.5 Å². The normalized spacial score (nSPS) is 13.0. The molecule has 2 aromatic carbocycles. The van der Waals surface area contributed by atoms with E-state index in [2.05, 4.69) is 14.7 Å². The van der Waals surface area contributed by atoms with Gasteiger partial charge in [0.05, 0.1) is 4.90 Å². The van der Waals surface area contributed by atoms with Crippen molar-refractivity contribution < 1.29 is 22.1 Å². The van der Waals surface area contributed by atoms with Crippen molar-refractivity contribution in [1.29, 1.82) is 0 Å². The van der Waals surface area contributed by atoms with Gasteiger partial charge in [-0.25, -0.2) is 4.21 Å². The van der Waals surface area contributed by atoms with E-state index < -0.39 is 22.4 Å². The molecule has 0 amide bonds. The van der Waals surface area contributed by atoms with Crippen LogP contribution in [0.5, 0.6) is 0 Å². The first-order valence-corrected chi connectivity index (χ1v) is 8.06. The van der Waals surface area contributed by atoms with Crippen molar-refractivity contribution in [3.05, 3.63) is 54.4 Å². The second-order valence-corrected chi connectivity index (χ2v) is 6.16. The first kappa shape index (κ1) is 16.7. The van der Waals surface area contributed by atoms with E-state index in [0.717, 1.165) is 0 Å². The maximum Gasteiger partial charge on any atom is 0.400 e. The van der Waals surface area contributed by atoms with Crippen LogP contribution in [0.15, 0.2) is 57.9 Å². The first-order chi connectivity index (χ1) is 11.4. The lowest BCUT2D eigenvalue weighted by Gasteiger charge is -2.06. The summed E-state index contributed by atoms with van der Waals surface area (Å²) in [7, 11) is 0. The third-order valence-electron chi connectivity index (χ3n) is 3.20. The lowest BCUT2D eigenvalue weighted by atomic mass is 10.0. The molecule has 0 saturated heterocycles. The second-order valence-electron chi connectivity index (χ2n) is 4.74. The van der Waals surface area contributed by atoms with Gasteiger partial charge >= 0.3 is 11.3 Å². The Bertz CT molecular complexity index is 894. The Labute approximate surface area is 142 Å². The molecule has 1 atom stereocenters. The summed E-state index contributed by atoms with van der Waals surface area (Å²) in [6.45, 7) is 0. The van der Waals surface area contributed by atoms with Gasteiger partial charge in [0.1, 0.15) is 0 Å². The molecule has 1 heterocycles. The molecular formula is C15H9ClF2N2O3S. The van der Waals surface area contributed by atoms with E-state index in [9.17, 15) is 17.5 Å². The summed E-state index contributed by atoms with van der Waals surface area (Å²) in [5.41, 5.74) is 1.71. The maximum atomic E-state index is 12.9. The van der Waals surface area contributed by atoms with Crippen molar-refractivity contribution in [2.75, 3.05) is 0 Å². The summed E-state index contributed by atoms with van der Waals surface area (Å²) in [4.78, 5) is 3.82. The summed E-state index contributed by atoms with van der Waals surface area (Å²) < 4.78 is 51.0. The van der Waals surface area contributed by atoms with Gasteiger partial charge in [0.25, 0.3) is 0 Å². The van der Waals surface area contributed by atoms with Crippen molar-refractivity contribution in [3.63, 3.8) is 0 Å². The quantitative estimate of drug-likeness (QED) is 0.548. The van der Waals surface area contributed by atoms with Crippen LogP contribution in [0.1, 0.15) is 5.89 Å². The van der Waals surface area contributed by atoms with E-state index in [1.807, 2.05) is 0 Å². The second kappa shape index (κ2) is 6.39. The van der Waals surface area contributed by atoms with Gasteiger partial charge < -0.3 is 9.08 Å². The number of rotatable bonds is 4. The van der Waals surface area contributed by atoms with Gasteiger partial charge in [0, 0.05) is 11.1 Å². The van der Waals surface area contributed by atoms with Crippen LogP contribution in [0.4, 0.5) is 8.78 Å². The standard InChI is InChI=1S/C15H9ClF2N2O3S/c16-15(17,18)14-19-13(20-23-14)10-7-5-9(6-8-10)11-3-1-2-4-12(11)24(21)22/h1-8H,(H,21,22). The molecule has 24 heavy (non-hydrogen) atoms. The molecular weight excluding hydrogens is 362 g/mol. The fraction of sp³-hybridized carbons (Fsp3) is 0.0667. The van der Waals surface area contributed by atoms with Crippen molar-refractivity contribution >= 4 is 22.7 Å². The highest BCUT2D eigenvalue weighted by Crippen LogP contribution is 2.33. The Morgan fingerprint density at radius 1 is 1.08 bits per heavy atom. The van der Waals surface area contributed by atoms with Crippen molar-refractivity contribution in [2.45, 2.75) is 10.3 Å². The Morgan fingerprint density at radius 2 is 1.71 bits per heavy atom. The first-order valence-electron chi connectivity index (χ1n) is 6.58. The molecule has 0 radical (unpaired) electrons. The van der Waals surface area contributed by atoms with Gasteiger partial charge in [-0.05, 0) is 23.2 Å². The van der Waals surface area contributed by atoms with Crippen LogP contribution in [0, 0.1) is 0 Å². The number of benzene rings is 2. The predicted octanol–water partition coefficient (Wildman–Crippen LogP) is 4.27. The van der Waals surface area contributed by atoms with Gasteiger partial charge in [-0.1, -0.05) is 47.6 Å². The fourth-order valence-corrected chi connectivity index (χ4v) is 2.76. The van der Waals surface area contributed by atoms with Crippen LogP contribution in [0.3, 0.4) is 0 Å². The summed E-state index contributed by atoms with van der Waals surface area (Å²) in [6, 6.07) is 13.2. The Hall–Kier alpha value is -2.16. The molecule has 0 saturated carbocycles. The van der Waals surface area contributed by atoms with Gasteiger partial charge in [-0.2, -0.15) is 13.8 Å². The van der Waals surface area contributed by atoms with Crippen LogP contribution in [-0.2, 0) is 16.5 Å². The molecule has 0 aliphatic heterocycles. The largest absolute Gasteiger partial charge is 0.400 e. The minimum atomic E-state index is -3.73. The summed E-state index contributed by atoms with van der Waals surface area (Å²) in [5.74, 6) is -1.01. The third kappa shape index (κ3) is 3.35. The predicted molar refractivity (Wildman–Crippen MR) is 84.0 cm³/mol. The Kier molecular flexibility index (Phi) is 4.44. The Morgan fingerprint density at radius 3 is 2.29 bits per heavy atom. The summed E-state index contributed by atoms with van der Waals surface area (Å²) in [6.07, 6.45) is 0. The van der Waals surface area contributed by atoms with Crippen LogP contribution in [0.25, 0.3) is 22.5 Å². The van der Waals surface area contributed by atoms with E-state index in [0.29, 0.717) is 16.7 Å². The van der Waals surface area contributed by atoms with E-state index in [4.69, 9.17) is 11.6 Å². The average molecular weight is 371 g/mol. The van der Waals surface area contributed by atoms with Crippen LogP contribution in [0.2, 0.25) is 0 Å². The number of aromatic nitrogens is 2. The number of halogens is 3. The lowest BCUT2D eigenvalue weighted by Crippen LogP contribution is -2.03. The fourth-order valence-electron chi connectivity index (χ4n) is 2.11. The van der Waals surface area contributed by atoms with Gasteiger partial charge in [0.15, 0.2) is 11.1 Å². The van der Waals surface area contributed by atoms with E-state index >= 15 is 0 Å². The molecule has 0 spiro atoms. The molecule has 1 aromatic heterocycles. The molecule has 0 fully saturated rings. The molecule has 0 aliphatic rings. The maximum absolute atomic E-state index is 12.9. The minimum Gasteiger partial charge on any atom is -0.331 e. The number of alkyl halides is 3. The molecule has 1 N–H and O–H groups in total. The summed E-state index contributed by atoms with van der Waals surface area (Å²) >= 11 is 2.70. The van der Waals surface area contributed by atoms with Gasteiger partial charge in [-0.3, -0.25) is 0 Å². The number of hydrogen-bond donors (Lipinski definition) is 1. The van der Waals surface area contributed by atoms with Crippen LogP contribution in [-0.4, -0.2) is 18.9 Å². The van der Waals surface area contributed by atoms with Crippen molar-refractivity contribution in [1.82, 2.24) is 10.1 Å². The monoisotopic (exact) mass is 370 g/mol. The van der Waals surface area contributed by atoms with Crippen LogP contribution >= 0.6 is 11.6 Å². The van der Waals surface area contributed by atoms with Crippen molar-refractivity contribution in [3.8, 4) is 22.5 Å². The van der Waals surface area contributed by atoms with E-state index in [1.165, 1.54) is 0 Å². The molecule has 0 aliphatic carbocycles. The van der Waals surface area contributed by atoms with Crippen LogP contribution < -0.4 is 0 Å². The SMILES string of the molecule is O=S(O)c1ccccc1-c1ccc(-c2noc(C(F)(F)Cl)n2)cc1. The third-order valence-corrected chi connectivity index (χ3v) is 4.09. The summed E-state index contributed by atoms with van der Waals surface area (Å²) in [5, 5.41) is -0.265. The van der Waals surface area contributed by atoms with E-state index in [-0.39, 0.29) is 10.7 Å². The van der Waals surface area contributed by atoms with Gasteiger partial charge in [-0.15, -0.1) is 0 Å². The number of nitrogens with zero attached hydrogens (tertiary/aromatic N) is 2. The minimum absolute atomic E-state index is 0.0316. The highest BCUT2D eigenvalue weighted by Gasteiger charge is 2.35. The molecule has 124 valence electrons. The highest BCUT2D eigenvalue weighted by molar-refractivity contribution is 7.79. The lowest BCUT2D eigenvalue weighted by molar-refractivity contribution is 0.0551. The molecule has 3 aromatic rings. The molecule has 3 rings (SSSR count). The molecule has 0 bridgehead atoms. The zero-order chi connectivity index (χ0) is 17.3. The topological polar surface area (TPSA) is 76.2 Å². The zero-order valence-electron chi connectivity index (χ0n) is 11.8. The Balaban J connectivity index is 1.95. The number of hydrogen-bond acceptors (Lipinski definition) is 4. The highest BCUT2D eigenvalue weighted by atomic mass is 35.5. The molecule has 9 heteroatoms. The molecule has 1 unspecified atom stereocenters. The van der Waals surface area contributed by atoms with Crippen molar-refractivity contribution in [2.24, 2.45) is 0 Å². The average Bonchev–Trinajstić information content (AvgIpc) is 3.05. The smallest absolute Gasteiger partial charge is 0.331 e.